The maximum absolute atomic E-state index is 5.81. The fraction of sp³-hybridized carbons (Fsp3) is 0.667. The molecule has 1 saturated heterocycles. The molecule has 2 heteroatoms. The molecule has 0 N–H and O–H groups in total. The Kier molecular flexibility index (Phi) is 3.90. The predicted octanol–water partition coefficient (Wildman–Crippen LogP) is 2.70. The van der Waals surface area contributed by atoms with Crippen molar-refractivity contribution in [3.63, 3.8) is 0 Å². The summed E-state index contributed by atoms with van der Waals surface area (Å²) in [4.78, 5) is 0. The topological polar surface area (TPSA) is 18.5 Å². The molecule has 1 aliphatic rings. The second kappa shape index (κ2) is 4.76. The van der Waals surface area contributed by atoms with Crippen molar-refractivity contribution in [2.24, 2.45) is 0 Å². The third-order valence-corrected chi connectivity index (χ3v) is 1.99. The van der Waals surface area contributed by atoms with E-state index in [1.807, 2.05) is 0 Å². The number of allylic oxidation sites excluding steroid dienone is 2. The van der Waals surface area contributed by atoms with Crippen LogP contribution in [0.1, 0.15) is 27.7 Å². The lowest BCUT2D eigenvalue weighted by Gasteiger charge is -2.33. The van der Waals surface area contributed by atoms with Crippen LogP contribution in [0.5, 0.6) is 0 Å². The third-order valence-electron chi connectivity index (χ3n) is 1.99. The average molecular weight is 196 g/mol. The Morgan fingerprint density at radius 3 is 1.93 bits per heavy atom. The van der Waals surface area contributed by atoms with Crippen LogP contribution in [0.25, 0.3) is 0 Å². The minimum atomic E-state index is -0.323. The lowest BCUT2D eigenvalue weighted by molar-refractivity contribution is -0.107. The van der Waals surface area contributed by atoms with Crippen molar-refractivity contribution >= 4 is 0 Å². The SMILES string of the molecule is CC(C)=CC1(C=C(C)C)COCCO1. The smallest absolute Gasteiger partial charge is 0.128 e. The lowest BCUT2D eigenvalue weighted by atomic mass is 9.98. The molecule has 0 aromatic heterocycles. The van der Waals surface area contributed by atoms with Gasteiger partial charge in [0.2, 0.25) is 0 Å². The minimum absolute atomic E-state index is 0.323. The molecular weight excluding hydrogens is 176 g/mol. The van der Waals surface area contributed by atoms with Gasteiger partial charge >= 0.3 is 0 Å². The highest BCUT2D eigenvalue weighted by molar-refractivity contribution is 5.21. The van der Waals surface area contributed by atoms with Gasteiger partial charge in [-0.15, -0.1) is 0 Å². The van der Waals surface area contributed by atoms with Gasteiger partial charge in [0.05, 0.1) is 19.8 Å². The summed E-state index contributed by atoms with van der Waals surface area (Å²) in [7, 11) is 0. The zero-order valence-electron chi connectivity index (χ0n) is 9.59. The van der Waals surface area contributed by atoms with Crippen LogP contribution in [-0.2, 0) is 9.47 Å². The molecule has 0 aromatic rings. The zero-order chi connectivity index (χ0) is 10.6. The Hall–Kier alpha value is -0.600. The summed E-state index contributed by atoms with van der Waals surface area (Å²) in [5.74, 6) is 0. The van der Waals surface area contributed by atoms with E-state index in [2.05, 4.69) is 39.8 Å². The fourth-order valence-corrected chi connectivity index (χ4v) is 1.75. The molecular formula is C12H20O2. The molecule has 0 amide bonds. The summed E-state index contributed by atoms with van der Waals surface area (Å²) in [5.41, 5.74) is 2.19. The molecule has 0 bridgehead atoms. The molecule has 1 aliphatic heterocycles. The maximum Gasteiger partial charge on any atom is 0.128 e. The van der Waals surface area contributed by atoms with E-state index in [9.17, 15) is 0 Å². The maximum atomic E-state index is 5.81. The summed E-state index contributed by atoms with van der Waals surface area (Å²) < 4.78 is 11.3. The van der Waals surface area contributed by atoms with E-state index in [0.29, 0.717) is 19.8 Å². The van der Waals surface area contributed by atoms with Crippen molar-refractivity contribution < 1.29 is 9.47 Å². The summed E-state index contributed by atoms with van der Waals surface area (Å²) >= 11 is 0. The van der Waals surface area contributed by atoms with Gasteiger partial charge in [-0.2, -0.15) is 0 Å². The van der Waals surface area contributed by atoms with Gasteiger partial charge in [0.25, 0.3) is 0 Å². The standard InChI is InChI=1S/C12H20O2/c1-10(2)7-12(8-11(3)4)9-13-5-6-14-12/h7-8H,5-6,9H2,1-4H3. The molecule has 2 nitrogen and oxygen atoms in total. The lowest BCUT2D eigenvalue weighted by Crippen LogP contribution is -2.40. The molecule has 14 heavy (non-hydrogen) atoms. The van der Waals surface area contributed by atoms with Crippen LogP contribution in [0, 0.1) is 0 Å². The van der Waals surface area contributed by atoms with E-state index < -0.39 is 0 Å². The molecule has 0 saturated carbocycles. The van der Waals surface area contributed by atoms with Crippen LogP contribution < -0.4 is 0 Å². The molecule has 0 aromatic carbocycles. The van der Waals surface area contributed by atoms with Crippen molar-refractivity contribution in [3.8, 4) is 0 Å². The molecule has 1 fully saturated rings. The second-order valence-electron chi connectivity index (χ2n) is 4.30. The first-order chi connectivity index (χ1) is 6.54. The first-order valence-electron chi connectivity index (χ1n) is 5.08. The molecule has 0 unspecified atom stereocenters. The number of hydrogen-bond acceptors (Lipinski definition) is 2. The first-order valence-corrected chi connectivity index (χ1v) is 5.08. The zero-order valence-corrected chi connectivity index (χ0v) is 9.59. The van der Waals surface area contributed by atoms with Crippen molar-refractivity contribution in [1.82, 2.24) is 0 Å². The Balaban J connectivity index is 2.88. The van der Waals surface area contributed by atoms with Crippen LogP contribution in [0.2, 0.25) is 0 Å². The van der Waals surface area contributed by atoms with Crippen LogP contribution in [0.4, 0.5) is 0 Å². The first kappa shape index (κ1) is 11.5. The van der Waals surface area contributed by atoms with Gasteiger partial charge in [-0.05, 0) is 39.8 Å². The van der Waals surface area contributed by atoms with Gasteiger partial charge in [-0.3, -0.25) is 0 Å². The van der Waals surface area contributed by atoms with Crippen molar-refractivity contribution in [2.75, 3.05) is 19.8 Å². The van der Waals surface area contributed by atoms with Crippen LogP contribution in [-0.4, -0.2) is 25.4 Å². The van der Waals surface area contributed by atoms with E-state index in [1.165, 1.54) is 11.1 Å². The highest BCUT2D eigenvalue weighted by Gasteiger charge is 2.29. The van der Waals surface area contributed by atoms with Gasteiger partial charge in [0.1, 0.15) is 5.60 Å². The number of rotatable bonds is 2. The highest BCUT2D eigenvalue weighted by Crippen LogP contribution is 2.23. The summed E-state index contributed by atoms with van der Waals surface area (Å²) in [5, 5.41) is 0. The van der Waals surface area contributed by atoms with Crippen LogP contribution >= 0.6 is 0 Å². The quantitative estimate of drug-likeness (QED) is 0.632. The van der Waals surface area contributed by atoms with Crippen molar-refractivity contribution in [3.05, 3.63) is 23.3 Å². The molecule has 1 heterocycles. The van der Waals surface area contributed by atoms with Gasteiger partial charge in [-0.25, -0.2) is 0 Å². The summed E-state index contributed by atoms with van der Waals surface area (Å²) in [6.07, 6.45) is 4.28. The molecule has 0 radical (unpaired) electrons. The van der Waals surface area contributed by atoms with Gasteiger partial charge in [-0.1, -0.05) is 11.1 Å². The molecule has 80 valence electrons. The summed E-state index contributed by atoms with van der Waals surface area (Å²) in [6, 6.07) is 0. The Bertz CT molecular complexity index is 217. The van der Waals surface area contributed by atoms with E-state index in [-0.39, 0.29) is 5.60 Å². The van der Waals surface area contributed by atoms with E-state index >= 15 is 0 Å². The van der Waals surface area contributed by atoms with Gasteiger partial charge in [0, 0.05) is 0 Å². The van der Waals surface area contributed by atoms with E-state index in [1.54, 1.807) is 0 Å². The average Bonchev–Trinajstić information content (AvgIpc) is 2.01. The highest BCUT2D eigenvalue weighted by atomic mass is 16.6. The number of hydrogen-bond donors (Lipinski definition) is 0. The molecule has 0 spiro atoms. The van der Waals surface area contributed by atoms with Crippen molar-refractivity contribution in [2.45, 2.75) is 33.3 Å². The van der Waals surface area contributed by atoms with E-state index in [4.69, 9.17) is 9.47 Å². The third kappa shape index (κ3) is 3.28. The van der Waals surface area contributed by atoms with Crippen LogP contribution in [0.15, 0.2) is 23.3 Å². The molecule has 0 atom stereocenters. The normalized spacial score (nSPS) is 20.0. The Morgan fingerprint density at radius 2 is 1.57 bits per heavy atom. The van der Waals surface area contributed by atoms with Gasteiger partial charge < -0.3 is 9.47 Å². The molecule has 1 rings (SSSR count). The molecule has 0 aliphatic carbocycles. The second-order valence-corrected chi connectivity index (χ2v) is 4.30. The van der Waals surface area contributed by atoms with Crippen LogP contribution in [0.3, 0.4) is 0 Å². The monoisotopic (exact) mass is 196 g/mol. The Labute approximate surface area is 86.6 Å². The fourth-order valence-electron chi connectivity index (χ4n) is 1.75. The largest absolute Gasteiger partial charge is 0.375 e. The van der Waals surface area contributed by atoms with E-state index in [0.717, 1.165) is 0 Å². The van der Waals surface area contributed by atoms with Crippen molar-refractivity contribution in [1.29, 1.82) is 0 Å². The predicted molar refractivity (Wildman–Crippen MR) is 58.4 cm³/mol. The Morgan fingerprint density at radius 1 is 1.00 bits per heavy atom. The number of ether oxygens (including phenoxy) is 2. The minimum Gasteiger partial charge on any atom is -0.375 e. The summed E-state index contributed by atoms with van der Waals surface area (Å²) in [6.45, 7) is 10.3. The van der Waals surface area contributed by atoms with Gasteiger partial charge in [0.15, 0.2) is 0 Å².